The van der Waals surface area contributed by atoms with Crippen LogP contribution < -0.4 is 0 Å². The molecule has 0 aromatic carbocycles. The van der Waals surface area contributed by atoms with E-state index in [0.29, 0.717) is 17.6 Å². The second-order valence-electron chi connectivity index (χ2n) is 3.06. The molecule has 0 saturated carbocycles. The average molecular weight is 217 g/mol. The van der Waals surface area contributed by atoms with Crippen molar-refractivity contribution in [2.45, 2.75) is 0 Å². The normalized spacial score (nSPS) is 10.0. The number of rotatable bonds is 3. The van der Waals surface area contributed by atoms with Crippen LogP contribution >= 0.6 is 0 Å². The zero-order chi connectivity index (χ0) is 11.5. The van der Waals surface area contributed by atoms with Crippen molar-refractivity contribution in [2.75, 3.05) is 0 Å². The van der Waals surface area contributed by atoms with Gasteiger partial charge >= 0.3 is 5.97 Å². The number of aldehydes is 1. The quantitative estimate of drug-likeness (QED) is 0.793. The lowest BCUT2D eigenvalue weighted by Gasteiger charge is -1.96. The number of carboxylic acid groups (broad SMARTS) is 1. The monoisotopic (exact) mass is 217 g/mol. The topological polar surface area (TPSA) is 80.4 Å². The maximum atomic E-state index is 10.6. The van der Waals surface area contributed by atoms with Crippen molar-refractivity contribution in [3.8, 4) is 11.3 Å². The minimum Gasteiger partial charge on any atom is -0.475 e. The summed E-state index contributed by atoms with van der Waals surface area (Å²) in [6, 6.07) is 6.06. The zero-order valence-corrected chi connectivity index (χ0v) is 8.08. The fourth-order valence-electron chi connectivity index (χ4n) is 1.27. The second kappa shape index (κ2) is 3.98. The lowest BCUT2D eigenvalue weighted by molar-refractivity contribution is 0.0663. The van der Waals surface area contributed by atoms with Gasteiger partial charge in [0.05, 0.1) is 0 Å². The maximum Gasteiger partial charge on any atom is 0.371 e. The molecule has 0 atom stereocenters. The van der Waals surface area contributed by atoms with E-state index in [4.69, 9.17) is 9.52 Å². The number of nitrogens with zero attached hydrogens (tertiary/aromatic N) is 1. The van der Waals surface area contributed by atoms with Crippen molar-refractivity contribution in [1.29, 1.82) is 0 Å². The van der Waals surface area contributed by atoms with Gasteiger partial charge in [0.15, 0.2) is 6.29 Å². The highest BCUT2D eigenvalue weighted by Crippen LogP contribution is 2.21. The van der Waals surface area contributed by atoms with Crippen LogP contribution in [0.2, 0.25) is 0 Å². The van der Waals surface area contributed by atoms with E-state index in [1.165, 1.54) is 24.4 Å². The average Bonchev–Trinajstić information content (AvgIpc) is 2.78. The summed E-state index contributed by atoms with van der Waals surface area (Å²) in [6.07, 6.45) is 2.08. The molecular weight excluding hydrogens is 210 g/mol. The van der Waals surface area contributed by atoms with Crippen LogP contribution in [-0.2, 0) is 0 Å². The summed E-state index contributed by atoms with van der Waals surface area (Å²) < 4.78 is 5.09. The number of furan rings is 1. The number of aromatic nitrogens is 1. The van der Waals surface area contributed by atoms with E-state index in [0.717, 1.165) is 0 Å². The molecule has 0 radical (unpaired) electrons. The Morgan fingerprint density at radius 1 is 1.38 bits per heavy atom. The molecule has 0 amide bonds. The Kier molecular flexibility index (Phi) is 2.51. The van der Waals surface area contributed by atoms with Crippen LogP contribution in [-0.4, -0.2) is 22.3 Å². The summed E-state index contributed by atoms with van der Waals surface area (Å²) in [5.41, 5.74) is 0.885. The molecule has 2 aromatic heterocycles. The molecule has 16 heavy (non-hydrogen) atoms. The van der Waals surface area contributed by atoms with Gasteiger partial charge in [0.1, 0.15) is 11.5 Å². The number of carbonyl (C=O) groups excluding carboxylic acids is 1. The van der Waals surface area contributed by atoms with Crippen molar-refractivity contribution in [3.05, 3.63) is 41.9 Å². The Hall–Kier alpha value is -2.43. The first-order valence-corrected chi connectivity index (χ1v) is 4.45. The molecule has 0 spiro atoms. The Morgan fingerprint density at radius 3 is 2.81 bits per heavy atom. The number of carboxylic acids is 1. The van der Waals surface area contributed by atoms with E-state index >= 15 is 0 Å². The molecule has 0 saturated heterocycles. The molecule has 0 fully saturated rings. The Labute approximate surface area is 90.3 Å². The van der Waals surface area contributed by atoms with E-state index in [9.17, 15) is 9.59 Å². The van der Waals surface area contributed by atoms with E-state index in [2.05, 4.69) is 4.98 Å². The zero-order valence-electron chi connectivity index (χ0n) is 8.08. The van der Waals surface area contributed by atoms with Crippen LogP contribution in [0.4, 0.5) is 0 Å². The number of hydrogen-bond acceptors (Lipinski definition) is 4. The largest absolute Gasteiger partial charge is 0.475 e. The molecule has 0 bridgehead atoms. The van der Waals surface area contributed by atoms with Gasteiger partial charge in [-0.25, -0.2) is 4.79 Å². The van der Waals surface area contributed by atoms with Crippen molar-refractivity contribution in [3.63, 3.8) is 0 Å². The number of carbonyl (C=O) groups is 2. The Balaban J connectivity index is 2.42. The smallest absolute Gasteiger partial charge is 0.371 e. The van der Waals surface area contributed by atoms with Gasteiger partial charge in [0.2, 0.25) is 5.76 Å². The summed E-state index contributed by atoms with van der Waals surface area (Å²) in [5.74, 6) is -0.877. The van der Waals surface area contributed by atoms with E-state index < -0.39 is 5.97 Å². The highest BCUT2D eigenvalue weighted by atomic mass is 16.4. The standard InChI is InChI=1S/C11H7NO4/c13-6-8-5-7(3-4-12-8)9-1-2-10(16-9)11(14)15/h1-6H,(H,14,15). The molecule has 1 N–H and O–H groups in total. The van der Waals surface area contributed by atoms with Gasteiger partial charge in [-0.1, -0.05) is 0 Å². The molecule has 0 unspecified atom stereocenters. The van der Waals surface area contributed by atoms with E-state index in [1.54, 1.807) is 6.07 Å². The third-order valence-corrected chi connectivity index (χ3v) is 2.00. The summed E-state index contributed by atoms with van der Waals surface area (Å²) >= 11 is 0. The van der Waals surface area contributed by atoms with Crippen molar-refractivity contribution in [1.82, 2.24) is 4.98 Å². The molecular formula is C11H7NO4. The summed E-state index contributed by atoms with van der Waals surface area (Å²) in [7, 11) is 0. The van der Waals surface area contributed by atoms with Crippen LogP contribution in [0.25, 0.3) is 11.3 Å². The van der Waals surface area contributed by atoms with Crippen LogP contribution in [0, 0.1) is 0 Å². The van der Waals surface area contributed by atoms with Crippen LogP contribution in [0.5, 0.6) is 0 Å². The van der Waals surface area contributed by atoms with E-state index in [1.807, 2.05) is 0 Å². The molecule has 5 heteroatoms. The first kappa shape index (κ1) is 10.1. The van der Waals surface area contributed by atoms with Crippen LogP contribution in [0.1, 0.15) is 21.0 Å². The predicted molar refractivity (Wildman–Crippen MR) is 54.3 cm³/mol. The molecule has 0 aliphatic carbocycles. The fraction of sp³-hybridized carbons (Fsp3) is 0. The number of aromatic carboxylic acids is 1. The third-order valence-electron chi connectivity index (χ3n) is 2.00. The molecule has 2 heterocycles. The van der Waals surface area contributed by atoms with Gasteiger partial charge in [-0.3, -0.25) is 9.78 Å². The molecule has 0 aliphatic heterocycles. The summed E-state index contributed by atoms with van der Waals surface area (Å²) in [5, 5.41) is 8.68. The number of pyridine rings is 1. The fourth-order valence-corrected chi connectivity index (χ4v) is 1.27. The first-order valence-electron chi connectivity index (χ1n) is 4.45. The molecule has 2 aromatic rings. The van der Waals surface area contributed by atoms with Gasteiger partial charge in [0, 0.05) is 11.8 Å². The van der Waals surface area contributed by atoms with Crippen molar-refractivity contribution in [2.24, 2.45) is 0 Å². The Morgan fingerprint density at radius 2 is 2.19 bits per heavy atom. The highest BCUT2D eigenvalue weighted by Gasteiger charge is 2.10. The minimum atomic E-state index is -1.13. The molecule has 5 nitrogen and oxygen atoms in total. The highest BCUT2D eigenvalue weighted by molar-refractivity contribution is 5.85. The summed E-state index contributed by atoms with van der Waals surface area (Å²) in [6.45, 7) is 0. The third kappa shape index (κ3) is 1.83. The lowest BCUT2D eigenvalue weighted by atomic mass is 10.2. The van der Waals surface area contributed by atoms with Crippen LogP contribution in [0.15, 0.2) is 34.9 Å². The second-order valence-corrected chi connectivity index (χ2v) is 3.06. The summed E-state index contributed by atoms with van der Waals surface area (Å²) in [4.78, 5) is 24.9. The van der Waals surface area contributed by atoms with Crippen LogP contribution in [0.3, 0.4) is 0 Å². The maximum absolute atomic E-state index is 10.6. The van der Waals surface area contributed by atoms with Crippen molar-refractivity contribution < 1.29 is 19.1 Å². The van der Waals surface area contributed by atoms with Gasteiger partial charge in [-0.15, -0.1) is 0 Å². The predicted octanol–water partition coefficient (Wildman–Crippen LogP) is 1.85. The molecule has 0 aliphatic rings. The van der Waals surface area contributed by atoms with Gasteiger partial charge < -0.3 is 9.52 Å². The number of hydrogen-bond donors (Lipinski definition) is 1. The minimum absolute atomic E-state index is 0.139. The first-order chi connectivity index (χ1) is 7.70. The van der Waals surface area contributed by atoms with E-state index in [-0.39, 0.29) is 11.5 Å². The van der Waals surface area contributed by atoms with Crippen molar-refractivity contribution >= 4 is 12.3 Å². The lowest BCUT2D eigenvalue weighted by Crippen LogP contribution is -1.91. The van der Waals surface area contributed by atoms with Gasteiger partial charge in [-0.05, 0) is 24.3 Å². The molecule has 80 valence electrons. The Bertz CT molecular complexity index is 544. The van der Waals surface area contributed by atoms with Gasteiger partial charge in [-0.2, -0.15) is 0 Å². The molecule has 2 rings (SSSR count). The van der Waals surface area contributed by atoms with Gasteiger partial charge in [0.25, 0.3) is 0 Å². The SMILES string of the molecule is O=Cc1cc(-c2ccc(C(=O)O)o2)ccn1.